The SMILES string of the molecule is Cc1cc(-c2cccc3c2oc2ccccc23)cc(C)c1-c1nc2ccccc2n1-c1ccccc1. The average molecular weight is 465 g/mol. The van der Waals surface area contributed by atoms with Crippen LogP contribution >= 0.6 is 0 Å². The van der Waals surface area contributed by atoms with Crippen molar-refractivity contribution >= 4 is 33.0 Å². The second-order valence-electron chi connectivity index (χ2n) is 9.36. The second kappa shape index (κ2) is 7.96. The predicted octanol–water partition coefficient (Wildman–Crippen LogP) is 8.88. The maximum Gasteiger partial charge on any atom is 0.146 e. The highest BCUT2D eigenvalue weighted by Crippen LogP contribution is 2.39. The molecule has 0 aliphatic carbocycles. The number of imidazole rings is 1. The van der Waals surface area contributed by atoms with E-state index in [4.69, 9.17) is 9.40 Å². The van der Waals surface area contributed by atoms with Crippen LogP contribution < -0.4 is 0 Å². The van der Waals surface area contributed by atoms with Crippen LogP contribution in [0.3, 0.4) is 0 Å². The van der Waals surface area contributed by atoms with Gasteiger partial charge in [0.05, 0.1) is 11.0 Å². The van der Waals surface area contributed by atoms with Crippen molar-refractivity contribution in [2.75, 3.05) is 0 Å². The van der Waals surface area contributed by atoms with E-state index >= 15 is 0 Å². The van der Waals surface area contributed by atoms with Gasteiger partial charge in [-0.3, -0.25) is 4.57 Å². The molecule has 0 atom stereocenters. The number of hydrogen-bond donors (Lipinski definition) is 0. The first kappa shape index (κ1) is 20.7. The molecule has 7 rings (SSSR count). The van der Waals surface area contributed by atoms with Gasteiger partial charge in [-0.05, 0) is 60.9 Å². The zero-order valence-corrected chi connectivity index (χ0v) is 20.2. The summed E-state index contributed by atoms with van der Waals surface area (Å²) in [5.74, 6) is 0.964. The third-order valence-corrected chi connectivity index (χ3v) is 7.05. The summed E-state index contributed by atoms with van der Waals surface area (Å²) in [6.45, 7) is 4.36. The molecular formula is C33H24N2O. The highest BCUT2D eigenvalue weighted by Gasteiger charge is 2.19. The van der Waals surface area contributed by atoms with Gasteiger partial charge in [-0.1, -0.05) is 78.9 Å². The van der Waals surface area contributed by atoms with Crippen molar-refractivity contribution in [1.82, 2.24) is 9.55 Å². The Balaban J connectivity index is 1.46. The van der Waals surface area contributed by atoms with Crippen LogP contribution in [0.1, 0.15) is 11.1 Å². The van der Waals surface area contributed by atoms with Crippen LogP contribution in [0, 0.1) is 13.8 Å². The molecule has 5 aromatic carbocycles. The molecule has 0 aliphatic rings. The van der Waals surface area contributed by atoms with Crippen LogP contribution in [0.4, 0.5) is 0 Å². The number of furan rings is 1. The van der Waals surface area contributed by atoms with E-state index in [9.17, 15) is 0 Å². The van der Waals surface area contributed by atoms with E-state index in [-0.39, 0.29) is 0 Å². The van der Waals surface area contributed by atoms with Crippen molar-refractivity contribution in [3.8, 4) is 28.2 Å². The largest absolute Gasteiger partial charge is 0.455 e. The molecule has 0 radical (unpaired) electrons. The molecule has 172 valence electrons. The maximum atomic E-state index is 6.33. The van der Waals surface area contributed by atoms with Crippen LogP contribution in [-0.2, 0) is 0 Å². The highest BCUT2D eigenvalue weighted by atomic mass is 16.3. The lowest BCUT2D eigenvalue weighted by Gasteiger charge is -2.15. The first-order chi connectivity index (χ1) is 17.7. The van der Waals surface area contributed by atoms with Gasteiger partial charge in [-0.2, -0.15) is 0 Å². The number of hydrogen-bond acceptors (Lipinski definition) is 2. The molecule has 2 aromatic heterocycles. The van der Waals surface area contributed by atoms with E-state index < -0.39 is 0 Å². The summed E-state index contributed by atoms with van der Waals surface area (Å²) in [6.07, 6.45) is 0. The summed E-state index contributed by atoms with van der Waals surface area (Å²) in [6, 6.07) is 38.0. The third kappa shape index (κ3) is 3.10. The van der Waals surface area contributed by atoms with Crippen molar-refractivity contribution in [3.05, 3.63) is 120 Å². The Hall–Kier alpha value is -4.63. The van der Waals surface area contributed by atoms with Gasteiger partial charge in [-0.25, -0.2) is 4.98 Å². The minimum atomic E-state index is 0.918. The molecule has 0 unspecified atom stereocenters. The van der Waals surface area contributed by atoms with Crippen molar-refractivity contribution in [2.24, 2.45) is 0 Å². The second-order valence-corrected chi connectivity index (χ2v) is 9.36. The number of benzene rings is 5. The number of rotatable bonds is 3. The summed E-state index contributed by atoms with van der Waals surface area (Å²) in [4.78, 5) is 5.11. The molecule has 0 amide bonds. The normalized spacial score (nSPS) is 11.6. The van der Waals surface area contributed by atoms with Gasteiger partial charge in [-0.15, -0.1) is 0 Å². The molecule has 7 aromatic rings. The summed E-state index contributed by atoms with van der Waals surface area (Å²) in [5, 5.41) is 2.30. The summed E-state index contributed by atoms with van der Waals surface area (Å²) in [7, 11) is 0. The van der Waals surface area contributed by atoms with Crippen molar-refractivity contribution in [2.45, 2.75) is 13.8 Å². The molecule has 36 heavy (non-hydrogen) atoms. The first-order valence-electron chi connectivity index (χ1n) is 12.2. The maximum absolute atomic E-state index is 6.33. The fraction of sp³-hybridized carbons (Fsp3) is 0.0606. The fourth-order valence-corrected chi connectivity index (χ4v) is 5.48. The molecule has 0 spiro atoms. The summed E-state index contributed by atoms with van der Waals surface area (Å²) < 4.78 is 8.60. The molecular weight excluding hydrogens is 440 g/mol. The third-order valence-electron chi connectivity index (χ3n) is 7.05. The molecule has 0 fully saturated rings. The zero-order valence-electron chi connectivity index (χ0n) is 20.2. The molecule has 2 heterocycles. The number of fused-ring (bicyclic) bond motifs is 4. The highest BCUT2D eigenvalue weighted by molar-refractivity contribution is 6.09. The van der Waals surface area contributed by atoms with Gasteiger partial charge in [0.15, 0.2) is 0 Å². The minimum absolute atomic E-state index is 0.918. The van der Waals surface area contributed by atoms with Gasteiger partial charge < -0.3 is 4.42 Å². The van der Waals surface area contributed by atoms with Crippen LogP contribution in [-0.4, -0.2) is 9.55 Å². The Kier molecular flexibility index (Phi) is 4.58. The van der Waals surface area contributed by atoms with E-state index in [1.807, 2.05) is 24.3 Å². The average Bonchev–Trinajstić information content (AvgIpc) is 3.47. The molecule has 0 bridgehead atoms. The lowest BCUT2D eigenvalue weighted by atomic mass is 9.94. The van der Waals surface area contributed by atoms with E-state index in [1.165, 1.54) is 11.1 Å². The number of para-hydroxylation sites is 5. The zero-order chi connectivity index (χ0) is 24.2. The lowest BCUT2D eigenvalue weighted by molar-refractivity contribution is 0.670. The quantitative estimate of drug-likeness (QED) is 0.261. The molecule has 0 saturated carbocycles. The standard InChI is InChI=1S/C33H24N2O/c1-21-19-23(25-14-10-15-27-26-13-6-9-18-30(26)36-32(25)27)20-22(2)31(21)33-34-28-16-7-8-17-29(28)35(33)24-11-4-3-5-12-24/h3-20H,1-2H3. The van der Waals surface area contributed by atoms with Crippen molar-refractivity contribution in [1.29, 1.82) is 0 Å². The van der Waals surface area contributed by atoms with Crippen LogP contribution in [0.2, 0.25) is 0 Å². The van der Waals surface area contributed by atoms with E-state index in [2.05, 4.69) is 103 Å². The topological polar surface area (TPSA) is 31.0 Å². The van der Waals surface area contributed by atoms with Crippen molar-refractivity contribution < 1.29 is 4.42 Å². The summed E-state index contributed by atoms with van der Waals surface area (Å²) in [5.41, 5.74) is 10.9. The number of aromatic nitrogens is 2. The minimum Gasteiger partial charge on any atom is -0.455 e. The Labute approximate surface area is 209 Å². The van der Waals surface area contributed by atoms with Gasteiger partial charge in [0.2, 0.25) is 0 Å². The van der Waals surface area contributed by atoms with Crippen LogP contribution in [0.5, 0.6) is 0 Å². The lowest BCUT2D eigenvalue weighted by Crippen LogP contribution is -2.00. The molecule has 0 N–H and O–H groups in total. The van der Waals surface area contributed by atoms with Crippen LogP contribution in [0.15, 0.2) is 114 Å². The Bertz CT molecular complexity index is 1880. The Morgan fingerprint density at radius 1 is 0.667 bits per heavy atom. The Morgan fingerprint density at radius 2 is 1.36 bits per heavy atom. The van der Waals surface area contributed by atoms with Crippen LogP contribution in [0.25, 0.3) is 61.2 Å². The van der Waals surface area contributed by atoms with Crippen molar-refractivity contribution in [3.63, 3.8) is 0 Å². The van der Waals surface area contributed by atoms with E-state index in [0.29, 0.717) is 0 Å². The van der Waals surface area contributed by atoms with Gasteiger partial charge in [0, 0.05) is 27.6 Å². The number of nitrogens with zero attached hydrogens (tertiary/aromatic N) is 2. The van der Waals surface area contributed by atoms with Gasteiger partial charge in [0.1, 0.15) is 17.0 Å². The van der Waals surface area contributed by atoms with Gasteiger partial charge in [0.25, 0.3) is 0 Å². The fourth-order valence-electron chi connectivity index (χ4n) is 5.48. The first-order valence-corrected chi connectivity index (χ1v) is 12.2. The monoisotopic (exact) mass is 464 g/mol. The Morgan fingerprint density at radius 3 is 2.19 bits per heavy atom. The van der Waals surface area contributed by atoms with E-state index in [1.54, 1.807) is 0 Å². The van der Waals surface area contributed by atoms with Gasteiger partial charge >= 0.3 is 0 Å². The molecule has 3 heteroatoms. The summed E-state index contributed by atoms with van der Waals surface area (Å²) >= 11 is 0. The predicted molar refractivity (Wildman–Crippen MR) is 149 cm³/mol. The molecule has 3 nitrogen and oxygen atoms in total. The smallest absolute Gasteiger partial charge is 0.146 e. The number of aryl methyl sites for hydroxylation is 2. The molecule has 0 saturated heterocycles. The molecule has 0 aliphatic heterocycles. The van der Waals surface area contributed by atoms with E-state index in [0.717, 1.165) is 61.2 Å².